The van der Waals surface area contributed by atoms with Gasteiger partial charge in [0.2, 0.25) is 0 Å². The second-order valence-corrected chi connectivity index (χ2v) is 5.00. The number of nitrogens with zero attached hydrogens (tertiary/aromatic N) is 2. The number of hydrogen-bond acceptors (Lipinski definition) is 3. The molecule has 0 saturated heterocycles. The molecule has 2 unspecified atom stereocenters. The Morgan fingerprint density at radius 2 is 1.18 bits per heavy atom. The molecule has 0 amide bonds. The Bertz CT molecular complexity index is 158. The summed E-state index contributed by atoms with van der Waals surface area (Å²) < 4.78 is 6.02. The average molecular weight is 244 g/mol. The standard InChI is InChI=1S/C14H32N2O/c1-7-9-11-15(5)13(3)17-14(4)16(6)12-10-8-2/h13-14H,7-12H2,1-6H3. The molecule has 0 radical (unpaired) electrons. The maximum Gasteiger partial charge on any atom is 0.109 e. The summed E-state index contributed by atoms with van der Waals surface area (Å²) in [6.07, 6.45) is 5.35. The molecule has 17 heavy (non-hydrogen) atoms. The van der Waals surface area contributed by atoms with Gasteiger partial charge in [0, 0.05) is 13.1 Å². The molecule has 0 aromatic carbocycles. The van der Waals surface area contributed by atoms with Crippen LogP contribution >= 0.6 is 0 Å². The van der Waals surface area contributed by atoms with Crippen LogP contribution in [0.3, 0.4) is 0 Å². The van der Waals surface area contributed by atoms with Gasteiger partial charge in [-0.2, -0.15) is 0 Å². The molecule has 0 fully saturated rings. The van der Waals surface area contributed by atoms with Gasteiger partial charge in [-0.15, -0.1) is 0 Å². The summed E-state index contributed by atoms with van der Waals surface area (Å²) in [6.45, 7) is 11.0. The molecule has 0 saturated carbocycles. The van der Waals surface area contributed by atoms with Gasteiger partial charge >= 0.3 is 0 Å². The third-order valence-electron chi connectivity index (χ3n) is 3.36. The van der Waals surface area contributed by atoms with Gasteiger partial charge < -0.3 is 4.74 Å². The molecule has 3 nitrogen and oxygen atoms in total. The van der Waals surface area contributed by atoms with E-state index in [9.17, 15) is 0 Å². The molecule has 104 valence electrons. The van der Waals surface area contributed by atoms with Crippen molar-refractivity contribution in [3.8, 4) is 0 Å². The van der Waals surface area contributed by atoms with Gasteiger partial charge in [-0.05, 0) is 40.8 Å². The highest BCUT2D eigenvalue weighted by molar-refractivity contribution is 4.58. The SMILES string of the molecule is CCCCN(C)C(C)OC(C)N(C)CCCC. The third kappa shape index (κ3) is 7.74. The maximum absolute atomic E-state index is 6.02. The summed E-state index contributed by atoms with van der Waals surface area (Å²) in [6, 6.07) is 0. The van der Waals surface area contributed by atoms with E-state index in [1.54, 1.807) is 0 Å². The van der Waals surface area contributed by atoms with Gasteiger partial charge in [-0.1, -0.05) is 26.7 Å². The minimum Gasteiger partial charge on any atom is -0.345 e. The van der Waals surface area contributed by atoms with Crippen LogP contribution in [-0.2, 0) is 4.74 Å². The third-order valence-corrected chi connectivity index (χ3v) is 3.36. The Kier molecular flexibility index (Phi) is 9.79. The van der Waals surface area contributed by atoms with Crippen LogP contribution in [0.4, 0.5) is 0 Å². The molecule has 0 N–H and O–H groups in total. The first kappa shape index (κ1) is 16.9. The fraction of sp³-hybridized carbons (Fsp3) is 1.00. The van der Waals surface area contributed by atoms with E-state index in [2.05, 4.69) is 51.6 Å². The van der Waals surface area contributed by atoms with Crippen molar-refractivity contribution in [3.05, 3.63) is 0 Å². The van der Waals surface area contributed by atoms with E-state index in [1.165, 1.54) is 25.7 Å². The first-order valence-electron chi connectivity index (χ1n) is 7.08. The van der Waals surface area contributed by atoms with Crippen molar-refractivity contribution in [2.24, 2.45) is 0 Å². The molecule has 0 spiro atoms. The molecule has 0 aromatic heterocycles. The zero-order valence-corrected chi connectivity index (χ0v) is 12.7. The summed E-state index contributed by atoms with van der Waals surface area (Å²) >= 11 is 0. The van der Waals surface area contributed by atoms with Gasteiger partial charge in [0.05, 0.1) is 0 Å². The molecule has 3 heteroatoms. The Balaban J connectivity index is 3.87. The van der Waals surface area contributed by atoms with E-state index in [0.717, 1.165) is 13.1 Å². The van der Waals surface area contributed by atoms with Crippen molar-refractivity contribution >= 4 is 0 Å². The normalized spacial score (nSPS) is 15.5. The molecule has 0 rings (SSSR count). The van der Waals surface area contributed by atoms with Gasteiger partial charge in [0.1, 0.15) is 12.5 Å². The number of hydrogen-bond donors (Lipinski definition) is 0. The van der Waals surface area contributed by atoms with Crippen LogP contribution < -0.4 is 0 Å². The van der Waals surface area contributed by atoms with E-state index in [4.69, 9.17) is 4.74 Å². The molecule has 0 aliphatic rings. The van der Waals surface area contributed by atoms with Crippen molar-refractivity contribution in [2.75, 3.05) is 27.2 Å². The molecule has 0 heterocycles. The summed E-state index contributed by atoms with van der Waals surface area (Å²) in [7, 11) is 4.28. The van der Waals surface area contributed by atoms with Crippen LogP contribution in [0.5, 0.6) is 0 Å². The van der Waals surface area contributed by atoms with E-state index in [-0.39, 0.29) is 12.5 Å². The van der Waals surface area contributed by atoms with E-state index in [0.29, 0.717) is 0 Å². The van der Waals surface area contributed by atoms with Gasteiger partial charge in [0.25, 0.3) is 0 Å². The van der Waals surface area contributed by atoms with Crippen LogP contribution in [0.25, 0.3) is 0 Å². The smallest absolute Gasteiger partial charge is 0.109 e. The van der Waals surface area contributed by atoms with Crippen LogP contribution in [0.15, 0.2) is 0 Å². The first-order valence-corrected chi connectivity index (χ1v) is 7.08. The number of rotatable bonds is 10. The monoisotopic (exact) mass is 244 g/mol. The van der Waals surface area contributed by atoms with Crippen LogP contribution in [0.2, 0.25) is 0 Å². The summed E-state index contributed by atoms with van der Waals surface area (Å²) in [5.41, 5.74) is 0. The van der Waals surface area contributed by atoms with Crippen LogP contribution in [0.1, 0.15) is 53.4 Å². The molecule has 2 atom stereocenters. The van der Waals surface area contributed by atoms with E-state index >= 15 is 0 Å². The predicted molar refractivity (Wildman–Crippen MR) is 75.1 cm³/mol. The van der Waals surface area contributed by atoms with Crippen molar-refractivity contribution in [1.82, 2.24) is 9.80 Å². The minimum atomic E-state index is 0.195. The summed E-state index contributed by atoms with van der Waals surface area (Å²) in [4.78, 5) is 4.57. The number of ether oxygens (including phenoxy) is 1. The lowest BCUT2D eigenvalue weighted by Gasteiger charge is -2.32. The van der Waals surface area contributed by atoms with Crippen molar-refractivity contribution in [3.63, 3.8) is 0 Å². The first-order chi connectivity index (χ1) is 8.02. The minimum absolute atomic E-state index is 0.195. The second kappa shape index (κ2) is 9.86. The van der Waals surface area contributed by atoms with Crippen molar-refractivity contribution in [2.45, 2.75) is 65.8 Å². The maximum atomic E-state index is 6.02. The quantitative estimate of drug-likeness (QED) is 0.549. The van der Waals surface area contributed by atoms with Crippen LogP contribution in [-0.4, -0.2) is 49.4 Å². The van der Waals surface area contributed by atoms with Gasteiger partial charge in [-0.25, -0.2) is 0 Å². The largest absolute Gasteiger partial charge is 0.345 e. The molecule has 0 aliphatic carbocycles. The fourth-order valence-electron chi connectivity index (χ4n) is 1.67. The number of unbranched alkanes of at least 4 members (excludes halogenated alkanes) is 2. The highest BCUT2D eigenvalue weighted by atomic mass is 16.5. The van der Waals surface area contributed by atoms with Gasteiger partial charge in [0.15, 0.2) is 0 Å². The highest BCUT2D eigenvalue weighted by Crippen LogP contribution is 2.07. The van der Waals surface area contributed by atoms with Gasteiger partial charge in [-0.3, -0.25) is 9.80 Å². The molecular weight excluding hydrogens is 212 g/mol. The average Bonchev–Trinajstić information content (AvgIpc) is 2.32. The molecule has 0 aliphatic heterocycles. The second-order valence-electron chi connectivity index (χ2n) is 5.00. The zero-order chi connectivity index (χ0) is 13.3. The zero-order valence-electron chi connectivity index (χ0n) is 12.7. The predicted octanol–water partition coefficient (Wildman–Crippen LogP) is 3.16. The Morgan fingerprint density at radius 3 is 1.47 bits per heavy atom. The fourth-order valence-corrected chi connectivity index (χ4v) is 1.67. The van der Waals surface area contributed by atoms with E-state index < -0.39 is 0 Å². The Morgan fingerprint density at radius 1 is 0.824 bits per heavy atom. The summed E-state index contributed by atoms with van der Waals surface area (Å²) in [5.74, 6) is 0. The summed E-state index contributed by atoms with van der Waals surface area (Å²) in [5, 5.41) is 0. The van der Waals surface area contributed by atoms with Crippen molar-refractivity contribution in [1.29, 1.82) is 0 Å². The lowest BCUT2D eigenvalue weighted by Crippen LogP contribution is -2.40. The lowest BCUT2D eigenvalue weighted by atomic mass is 10.3. The van der Waals surface area contributed by atoms with E-state index in [1.807, 2.05) is 0 Å². The Labute approximate surface area is 108 Å². The van der Waals surface area contributed by atoms with Crippen molar-refractivity contribution < 1.29 is 4.74 Å². The topological polar surface area (TPSA) is 15.7 Å². The molecular formula is C14H32N2O. The molecule has 0 aromatic rings. The van der Waals surface area contributed by atoms with Crippen LogP contribution in [0, 0.1) is 0 Å². The Hall–Kier alpha value is -0.120. The molecule has 0 bridgehead atoms. The lowest BCUT2D eigenvalue weighted by molar-refractivity contribution is -0.126. The highest BCUT2D eigenvalue weighted by Gasteiger charge is 2.15.